The van der Waals surface area contributed by atoms with Crippen LogP contribution in [0.25, 0.3) is 0 Å². The SMILES string of the molecule is CN1CCN(S(=O)(=O)c2ccccc2NC(=O)N[C@@H](Cc2ccc(NC(=O)c3c(Cl)cncc3Cl)cc2)C(=O)O)CC1. The molecule has 1 atom stereocenters. The monoisotopic (exact) mass is 634 g/mol. The molecule has 3 aromatic rings. The second-order valence-electron chi connectivity index (χ2n) is 9.53. The summed E-state index contributed by atoms with van der Waals surface area (Å²) in [4.78, 5) is 43.1. The zero-order valence-electron chi connectivity index (χ0n) is 22.4. The number of halogens is 2. The number of hydrogen-bond acceptors (Lipinski definition) is 7. The number of sulfonamides is 1. The van der Waals surface area contributed by atoms with E-state index in [0.717, 1.165) is 0 Å². The van der Waals surface area contributed by atoms with E-state index in [1.807, 2.05) is 11.9 Å². The third-order valence-corrected chi connectivity index (χ3v) is 9.08. The summed E-state index contributed by atoms with van der Waals surface area (Å²) >= 11 is 12.1. The number of nitrogens with zero attached hydrogens (tertiary/aromatic N) is 3. The Morgan fingerprint density at radius 3 is 2.19 bits per heavy atom. The van der Waals surface area contributed by atoms with Crippen LogP contribution in [0.2, 0.25) is 10.0 Å². The lowest BCUT2D eigenvalue weighted by Crippen LogP contribution is -2.47. The van der Waals surface area contributed by atoms with Gasteiger partial charge in [-0.05, 0) is 36.9 Å². The average molecular weight is 636 g/mol. The molecule has 0 spiro atoms. The largest absolute Gasteiger partial charge is 0.480 e. The van der Waals surface area contributed by atoms with Crippen molar-refractivity contribution in [2.24, 2.45) is 0 Å². The van der Waals surface area contributed by atoms with Gasteiger partial charge in [0.25, 0.3) is 5.91 Å². The normalized spacial score (nSPS) is 15.0. The third-order valence-electron chi connectivity index (χ3n) is 6.55. The number of likely N-dealkylation sites (N-methyl/N-ethyl adjacent to an activating group) is 1. The van der Waals surface area contributed by atoms with E-state index in [1.54, 1.807) is 36.4 Å². The summed E-state index contributed by atoms with van der Waals surface area (Å²) in [5, 5.41) is 17.5. The minimum Gasteiger partial charge on any atom is -0.480 e. The number of anilines is 2. The van der Waals surface area contributed by atoms with E-state index in [1.165, 1.54) is 28.8 Å². The van der Waals surface area contributed by atoms with Crippen LogP contribution in [0.4, 0.5) is 16.2 Å². The molecule has 42 heavy (non-hydrogen) atoms. The molecule has 1 aliphatic rings. The van der Waals surface area contributed by atoms with Crippen molar-refractivity contribution in [1.29, 1.82) is 0 Å². The Morgan fingerprint density at radius 1 is 0.952 bits per heavy atom. The minimum absolute atomic E-state index is 0.0348. The first kappa shape index (κ1) is 31.2. The van der Waals surface area contributed by atoms with Gasteiger partial charge in [0.15, 0.2) is 0 Å². The van der Waals surface area contributed by atoms with Crippen molar-refractivity contribution in [3.63, 3.8) is 0 Å². The number of pyridine rings is 1. The number of hydrogen-bond donors (Lipinski definition) is 4. The zero-order valence-corrected chi connectivity index (χ0v) is 24.7. The van der Waals surface area contributed by atoms with Crippen LogP contribution in [-0.2, 0) is 21.2 Å². The molecule has 1 saturated heterocycles. The number of carboxylic acid groups (broad SMARTS) is 1. The molecule has 1 aromatic heterocycles. The molecule has 0 radical (unpaired) electrons. The van der Waals surface area contributed by atoms with Crippen LogP contribution in [-0.4, -0.2) is 84.9 Å². The molecule has 4 rings (SSSR count). The maximum Gasteiger partial charge on any atom is 0.326 e. The number of benzene rings is 2. The van der Waals surface area contributed by atoms with Crippen molar-refractivity contribution in [2.45, 2.75) is 17.4 Å². The lowest BCUT2D eigenvalue weighted by molar-refractivity contribution is -0.139. The van der Waals surface area contributed by atoms with Crippen LogP contribution in [0.5, 0.6) is 0 Å². The highest BCUT2D eigenvalue weighted by atomic mass is 35.5. The van der Waals surface area contributed by atoms with Crippen LogP contribution in [0.3, 0.4) is 0 Å². The molecule has 1 aliphatic heterocycles. The second kappa shape index (κ2) is 13.5. The first-order chi connectivity index (χ1) is 20.0. The number of nitrogens with one attached hydrogen (secondary N) is 3. The first-order valence-electron chi connectivity index (χ1n) is 12.7. The van der Waals surface area contributed by atoms with Gasteiger partial charge in [-0.3, -0.25) is 9.78 Å². The van der Waals surface area contributed by atoms with Gasteiger partial charge in [-0.1, -0.05) is 47.5 Å². The van der Waals surface area contributed by atoms with E-state index in [-0.39, 0.29) is 32.6 Å². The first-order valence-corrected chi connectivity index (χ1v) is 14.9. The van der Waals surface area contributed by atoms with Gasteiger partial charge in [-0.25, -0.2) is 18.0 Å². The van der Waals surface area contributed by atoms with Crippen molar-refractivity contribution >= 4 is 62.5 Å². The number of aliphatic carboxylic acids is 1. The summed E-state index contributed by atoms with van der Waals surface area (Å²) in [6.07, 6.45) is 2.51. The highest BCUT2D eigenvalue weighted by Gasteiger charge is 2.30. The number of carboxylic acids is 1. The van der Waals surface area contributed by atoms with Crippen LogP contribution < -0.4 is 16.0 Å². The maximum absolute atomic E-state index is 13.3. The lowest BCUT2D eigenvalue weighted by atomic mass is 10.1. The summed E-state index contributed by atoms with van der Waals surface area (Å²) in [5.41, 5.74) is 1.06. The van der Waals surface area contributed by atoms with Gasteiger partial charge in [0.05, 0.1) is 21.3 Å². The highest BCUT2D eigenvalue weighted by Crippen LogP contribution is 2.26. The molecule has 4 N–H and O–H groups in total. The molecule has 15 heteroatoms. The van der Waals surface area contributed by atoms with Crippen LogP contribution >= 0.6 is 23.2 Å². The smallest absolute Gasteiger partial charge is 0.326 e. The molecule has 0 aliphatic carbocycles. The van der Waals surface area contributed by atoms with Crippen LogP contribution in [0, 0.1) is 0 Å². The summed E-state index contributed by atoms with van der Waals surface area (Å²) in [7, 11) is -1.98. The van der Waals surface area contributed by atoms with Gasteiger partial charge in [0.1, 0.15) is 10.9 Å². The van der Waals surface area contributed by atoms with E-state index in [0.29, 0.717) is 37.4 Å². The molecule has 2 aromatic carbocycles. The Morgan fingerprint density at radius 2 is 1.57 bits per heavy atom. The Kier molecular flexibility index (Phi) is 10.0. The molecule has 0 bridgehead atoms. The molecule has 2 heterocycles. The molecule has 222 valence electrons. The number of aromatic nitrogens is 1. The van der Waals surface area contributed by atoms with Crippen LogP contribution in [0.1, 0.15) is 15.9 Å². The predicted octanol–water partition coefficient (Wildman–Crippen LogP) is 3.39. The van der Waals surface area contributed by atoms with E-state index in [9.17, 15) is 27.9 Å². The number of carbonyl (C=O) groups is 3. The van der Waals surface area contributed by atoms with Gasteiger partial charge in [0, 0.05) is 50.7 Å². The van der Waals surface area contributed by atoms with Crippen LogP contribution in [0.15, 0.2) is 65.8 Å². The molecular weight excluding hydrogens is 607 g/mol. The third kappa shape index (κ3) is 7.55. The fourth-order valence-corrected chi connectivity index (χ4v) is 6.37. The van der Waals surface area contributed by atoms with Gasteiger partial charge < -0.3 is 26.0 Å². The van der Waals surface area contributed by atoms with E-state index < -0.39 is 34.0 Å². The topological polar surface area (TPSA) is 161 Å². The average Bonchev–Trinajstić information content (AvgIpc) is 2.94. The van der Waals surface area contributed by atoms with Crippen molar-refractivity contribution in [3.05, 3.63) is 82.1 Å². The fourth-order valence-electron chi connectivity index (χ4n) is 4.26. The molecule has 0 saturated carbocycles. The van der Waals surface area contributed by atoms with Crippen molar-refractivity contribution in [3.8, 4) is 0 Å². The molecular formula is C27H28Cl2N6O6S. The van der Waals surface area contributed by atoms with Crippen molar-refractivity contribution in [2.75, 3.05) is 43.9 Å². The number of urea groups is 1. The zero-order chi connectivity index (χ0) is 30.4. The summed E-state index contributed by atoms with van der Waals surface area (Å²) in [6, 6.07) is 10.1. The van der Waals surface area contributed by atoms with Crippen molar-refractivity contribution < 1.29 is 27.9 Å². The minimum atomic E-state index is -3.89. The van der Waals surface area contributed by atoms with E-state index in [4.69, 9.17) is 23.2 Å². The number of para-hydroxylation sites is 1. The van der Waals surface area contributed by atoms with Crippen molar-refractivity contribution in [1.82, 2.24) is 19.5 Å². The number of rotatable bonds is 9. The van der Waals surface area contributed by atoms with Gasteiger partial charge in [-0.15, -0.1) is 0 Å². The lowest BCUT2D eigenvalue weighted by Gasteiger charge is -2.32. The van der Waals surface area contributed by atoms with Gasteiger partial charge >= 0.3 is 12.0 Å². The Labute approximate surface area is 252 Å². The summed E-state index contributed by atoms with van der Waals surface area (Å²) < 4.78 is 27.9. The van der Waals surface area contributed by atoms with E-state index >= 15 is 0 Å². The number of amides is 3. The highest BCUT2D eigenvalue weighted by molar-refractivity contribution is 7.89. The molecule has 1 fully saturated rings. The fraction of sp³-hybridized carbons (Fsp3) is 0.259. The summed E-state index contributed by atoms with van der Waals surface area (Å²) in [6.45, 7) is 1.79. The van der Waals surface area contributed by atoms with E-state index in [2.05, 4.69) is 20.9 Å². The standard InChI is InChI=1S/C27H28Cl2N6O6S/c1-34-10-12-35(13-11-34)42(40,41)23-5-3-2-4-21(23)32-27(39)33-22(26(37)38)14-17-6-8-18(9-7-17)31-25(36)24-19(28)15-30-16-20(24)29/h2-9,15-16,22H,10-14H2,1H3,(H,31,36)(H,37,38)(H2,32,33,39)/t22-/m0/s1. The molecule has 3 amide bonds. The Hall–Kier alpha value is -3.75. The Balaban J connectivity index is 1.40. The number of carbonyl (C=O) groups excluding carboxylic acids is 2. The number of piperazine rings is 1. The maximum atomic E-state index is 13.3. The molecule has 12 nitrogen and oxygen atoms in total. The molecule has 0 unspecified atom stereocenters. The van der Waals surface area contributed by atoms with Gasteiger partial charge in [-0.2, -0.15) is 4.31 Å². The second-order valence-corrected chi connectivity index (χ2v) is 12.2. The van der Waals surface area contributed by atoms with Gasteiger partial charge in [0.2, 0.25) is 10.0 Å². The summed E-state index contributed by atoms with van der Waals surface area (Å²) in [5.74, 6) is -1.83. The predicted molar refractivity (Wildman–Crippen MR) is 159 cm³/mol. The quantitative estimate of drug-likeness (QED) is 0.278. The Bertz CT molecular complexity index is 1560.